The average molecular weight is 494 g/mol. The molecule has 2 heterocycles. The summed E-state index contributed by atoms with van der Waals surface area (Å²) in [5.74, 6) is 1.03. The number of hydrogen-bond acceptors (Lipinski definition) is 0. The highest BCUT2D eigenvalue weighted by Gasteiger charge is 2.29. The van der Waals surface area contributed by atoms with Crippen LogP contribution in [0.15, 0.2) is 0 Å². The minimum Gasteiger partial charge on any atom is -1.00 e. The molecule has 0 unspecified atom stereocenters. The fourth-order valence-corrected chi connectivity index (χ4v) is 3.60. The fraction of sp³-hybridized carbons (Fsp3) is 1.00. The van der Waals surface area contributed by atoms with E-state index in [-0.39, 0.29) is 48.0 Å². The summed E-state index contributed by atoms with van der Waals surface area (Å²) in [6, 6.07) is 0. The van der Waals surface area contributed by atoms with E-state index in [4.69, 9.17) is 0 Å². The first-order valence-corrected chi connectivity index (χ1v) is 7.65. The molecule has 0 aliphatic carbocycles. The highest BCUT2D eigenvalue weighted by Crippen LogP contribution is 2.25. The number of nitrogens with zero attached hydrogens (tertiary/aromatic N) is 2. The molecule has 0 N–H and O–H groups in total. The average Bonchev–Trinajstić information content (AvgIpc) is 2.29. The van der Waals surface area contributed by atoms with Crippen molar-refractivity contribution in [3.8, 4) is 0 Å². The standard InChI is InChI=1S/C15H32N2.2HI/c1-16(2)12-7-15(8-13-16)9-14-17(3)10-5-4-6-11-17;;/h15H,4-14H2,1-3H3;2*1H/q+2;;/p-2. The van der Waals surface area contributed by atoms with Gasteiger partial charge < -0.3 is 56.9 Å². The summed E-state index contributed by atoms with van der Waals surface area (Å²) in [4.78, 5) is 0. The Morgan fingerprint density at radius 2 is 1.32 bits per heavy atom. The van der Waals surface area contributed by atoms with Crippen molar-refractivity contribution in [1.29, 1.82) is 0 Å². The minimum atomic E-state index is 0. The van der Waals surface area contributed by atoms with Gasteiger partial charge in [0.05, 0.1) is 53.9 Å². The molecule has 19 heavy (non-hydrogen) atoms. The maximum atomic E-state index is 2.49. The summed E-state index contributed by atoms with van der Waals surface area (Å²) in [5, 5.41) is 0. The van der Waals surface area contributed by atoms with Gasteiger partial charge >= 0.3 is 0 Å². The van der Waals surface area contributed by atoms with Crippen molar-refractivity contribution in [2.75, 3.05) is 53.9 Å². The third kappa shape index (κ3) is 6.78. The van der Waals surface area contributed by atoms with Crippen molar-refractivity contribution in [2.24, 2.45) is 5.92 Å². The molecule has 0 radical (unpaired) electrons. The van der Waals surface area contributed by atoms with E-state index < -0.39 is 0 Å². The van der Waals surface area contributed by atoms with Gasteiger partial charge in [0.15, 0.2) is 0 Å². The van der Waals surface area contributed by atoms with Crippen LogP contribution in [0.3, 0.4) is 0 Å². The van der Waals surface area contributed by atoms with E-state index in [1.165, 1.54) is 80.2 Å². The molecule has 2 nitrogen and oxygen atoms in total. The first-order chi connectivity index (χ1) is 7.99. The zero-order valence-electron chi connectivity index (χ0n) is 13.0. The number of hydrogen-bond donors (Lipinski definition) is 0. The van der Waals surface area contributed by atoms with E-state index in [1.807, 2.05) is 0 Å². The van der Waals surface area contributed by atoms with Gasteiger partial charge in [-0.05, 0) is 44.4 Å². The molecule has 116 valence electrons. The molecule has 0 saturated carbocycles. The lowest BCUT2D eigenvalue weighted by Crippen LogP contribution is -3.00. The van der Waals surface area contributed by atoms with Gasteiger partial charge in [0.1, 0.15) is 0 Å². The monoisotopic (exact) mass is 494 g/mol. The molecule has 2 aliphatic rings. The van der Waals surface area contributed by atoms with E-state index in [9.17, 15) is 0 Å². The zero-order valence-corrected chi connectivity index (χ0v) is 17.3. The Kier molecular flexibility index (Phi) is 9.37. The summed E-state index contributed by atoms with van der Waals surface area (Å²) in [5.41, 5.74) is 0. The molecule has 2 fully saturated rings. The molecular formula is C15H32I2N2. The van der Waals surface area contributed by atoms with Gasteiger partial charge in [0.25, 0.3) is 0 Å². The Balaban J connectivity index is 0.00000162. The van der Waals surface area contributed by atoms with Gasteiger partial charge in [0, 0.05) is 0 Å². The van der Waals surface area contributed by atoms with Crippen molar-refractivity contribution >= 4 is 0 Å². The van der Waals surface area contributed by atoms with Crippen molar-refractivity contribution in [1.82, 2.24) is 0 Å². The summed E-state index contributed by atoms with van der Waals surface area (Å²) < 4.78 is 2.62. The van der Waals surface area contributed by atoms with Crippen LogP contribution in [0.25, 0.3) is 0 Å². The molecule has 0 aromatic rings. The maximum Gasteiger partial charge on any atom is 0.0787 e. The second kappa shape index (κ2) is 8.73. The van der Waals surface area contributed by atoms with Crippen molar-refractivity contribution in [2.45, 2.75) is 38.5 Å². The van der Waals surface area contributed by atoms with Crippen LogP contribution in [0.5, 0.6) is 0 Å². The smallest absolute Gasteiger partial charge is 0.0787 e. The first-order valence-electron chi connectivity index (χ1n) is 7.65. The van der Waals surface area contributed by atoms with Gasteiger partial charge in [-0.2, -0.15) is 0 Å². The molecule has 0 spiro atoms. The van der Waals surface area contributed by atoms with E-state index in [2.05, 4.69) is 21.1 Å². The summed E-state index contributed by atoms with van der Waals surface area (Å²) >= 11 is 0. The molecular weight excluding hydrogens is 462 g/mol. The summed E-state index contributed by atoms with van der Waals surface area (Å²) in [7, 11) is 7.26. The van der Waals surface area contributed by atoms with Gasteiger partial charge in [-0.15, -0.1) is 0 Å². The third-order valence-electron chi connectivity index (χ3n) is 5.26. The normalized spacial score (nSPS) is 26.1. The molecule has 0 aromatic carbocycles. The Morgan fingerprint density at radius 3 is 1.84 bits per heavy atom. The van der Waals surface area contributed by atoms with Crippen molar-refractivity contribution < 1.29 is 56.9 Å². The van der Waals surface area contributed by atoms with Gasteiger partial charge in [0.2, 0.25) is 0 Å². The number of quaternary nitrogens is 2. The zero-order chi connectivity index (χ0) is 12.4. The Bertz CT molecular complexity index is 241. The largest absolute Gasteiger partial charge is 1.00 e. The maximum absolute atomic E-state index is 2.49. The fourth-order valence-electron chi connectivity index (χ4n) is 3.60. The number of rotatable bonds is 3. The van der Waals surface area contributed by atoms with Crippen molar-refractivity contribution in [3.63, 3.8) is 0 Å². The SMILES string of the molecule is C[N+]1(C)CCC(CC[N+]2(C)CCCCC2)CC1.[I-].[I-]. The van der Waals surface area contributed by atoms with E-state index in [1.54, 1.807) is 0 Å². The van der Waals surface area contributed by atoms with E-state index in [0.717, 1.165) is 5.92 Å². The second-order valence-electron chi connectivity index (χ2n) is 7.47. The molecule has 0 bridgehead atoms. The van der Waals surface area contributed by atoms with Crippen LogP contribution < -0.4 is 48.0 Å². The highest BCUT2D eigenvalue weighted by atomic mass is 127. The first kappa shape index (κ1) is 20.4. The molecule has 2 rings (SSSR count). The van der Waals surface area contributed by atoms with Gasteiger partial charge in [-0.1, -0.05) is 0 Å². The number of halogens is 2. The third-order valence-corrected chi connectivity index (χ3v) is 5.26. The Morgan fingerprint density at radius 1 is 0.789 bits per heavy atom. The van der Waals surface area contributed by atoms with Crippen LogP contribution in [0, 0.1) is 5.92 Å². The minimum absolute atomic E-state index is 0. The highest BCUT2D eigenvalue weighted by molar-refractivity contribution is 4.64. The molecule has 0 amide bonds. The topological polar surface area (TPSA) is 0 Å². The predicted molar refractivity (Wildman–Crippen MR) is 73.8 cm³/mol. The molecule has 0 aromatic heterocycles. The van der Waals surface area contributed by atoms with Crippen LogP contribution in [-0.2, 0) is 0 Å². The Hall–Kier alpha value is 1.38. The lowest BCUT2D eigenvalue weighted by Gasteiger charge is -2.41. The molecule has 2 saturated heterocycles. The van der Waals surface area contributed by atoms with Crippen LogP contribution in [0.4, 0.5) is 0 Å². The number of likely N-dealkylation sites (tertiary alicyclic amines) is 2. The lowest BCUT2D eigenvalue weighted by atomic mass is 9.92. The Labute approximate surface area is 154 Å². The van der Waals surface area contributed by atoms with Crippen LogP contribution in [-0.4, -0.2) is 62.8 Å². The second-order valence-corrected chi connectivity index (χ2v) is 7.47. The summed E-state index contributed by atoms with van der Waals surface area (Å²) in [6.45, 7) is 7.11. The molecule has 2 aliphatic heterocycles. The number of piperidine rings is 2. The van der Waals surface area contributed by atoms with E-state index >= 15 is 0 Å². The lowest BCUT2D eigenvalue weighted by molar-refractivity contribution is -0.915. The quantitative estimate of drug-likeness (QED) is 0.283. The predicted octanol–water partition coefficient (Wildman–Crippen LogP) is -3.50. The summed E-state index contributed by atoms with van der Waals surface area (Å²) in [6.07, 6.45) is 8.82. The van der Waals surface area contributed by atoms with E-state index in [0.29, 0.717) is 0 Å². The van der Waals surface area contributed by atoms with Crippen LogP contribution in [0.1, 0.15) is 38.5 Å². The van der Waals surface area contributed by atoms with Gasteiger partial charge in [-0.3, -0.25) is 0 Å². The van der Waals surface area contributed by atoms with Crippen molar-refractivity contribution in [3.05, 3.63) is 0 Å². The van der Waals surface area contributed by atoms with Crippen LogP contribution >= 0.6 is 0 Å². The molecule has 0 atom stereocenters. The van der Waals surface area contributed by atoms with Gasteiger partial charge in [-0.25, -0.2) is 0 Å². The molecule has 4 heteroatoms. The van der Waals surface area contributed by atoms with Crippen LogP contribution in [0.2, 0.25) is 0 Å².